The zero-order valence-corrected chi connectivity index (χ0v) is 17.9. The second-order valence-corrected chi connectivity index (χ2v) is 7.60. The van der Waals surface area contributed by atoms with E-state index in [0.717, 1.165) is 16.7 Å². The molecule has 0 aliphatic carbocycles. The molecule has 3 heterocycles. The van der Waals surface area contributed by atoms with Crippen LogP contribution in [-0.2, 0) is 16.0 Å². The van der Waals surface area contributed by atoms with E-state index in [1.807, 2.05) is 43.3 Å². The number of morpholine rings is 1. The third-order valence-electron chi connectivity index (χ3n) is 5.47. The van der Waals surface area contributed by atoms with Gasteiger partial charge in [-0.25, -0.2) is 4.98 Å². The maximum absolute atomic E-state index is 13.3. The first kappa shape index (κ1) is 21.6. The fourth-order valence-corrected chi connectivity index (χ4v) is 3.96. The quantitative estimate of drug-likeness (QED) is 0.642. The summed E-state index contributed by atoms with van der Waals surface area (Å²) in [6.45, 7) is 3.07. The van der Waals surface area contributed by atoms with Crippen LogP contribution in [0.1, 0.15) is 23.0 Å². The van der Waals surface area contributed by atoms with Gasteiger partial charge in [0.1, 0.15) is 5.69 Å². The molecular weight excluding hydrogens is 406 g/mol. The molecule has 1 aromatic carbocycles. The number of nitrogens with one attached hydrogen (secondary N) is 1. The minimum absolute atomic E-state index is 0.121. The van der Waals surface area contributed by atoms with Crippen LogP contribution in [0.4, 0.5) is 0 Å². The van der Waals surface area contributed by atoms with Gasteiger partial charge in [-0.1, -0.05) is 30.3 Å². The van der Waals surface area contributed by atoms with Gasteiger partial charge in [0.25, 0.3) is 11.8 Å². The molecule has 1 saturated heterocycles. The normalized spacial score (nSPS) is 18.2. The molecule has 1 aliphatic rings. The first-order chi connectivity index (χ1) is 15.6. The predicted octanol–water partition coefficient (Wildman–Crippen LogP) is 2.13. The third kappa shape index (κ3) is 4.50. The zero-order chi connectivity index (χ0) is 22.4. The fourth-order valence-electron chi connectivity index (χ4n) is 3.96. The van der Waals surface area contributed by atoms with Crippen LogP contribution in [0.25, 0.3) is 11.1 Å². The van der Waals surface area contributed by atoms with E-state index in [-0.39, 0.29) is 30.7 Å². The average Bonchev–Trinajstić information content (AvgIpc) is 2.85. The first-order valence-electron chi connectivity index (χ1n) is 10.6. The Morgan fingerprint density at radius 2 is 1.94 bits per heavy atom. The van der Waals surface area contributed by atoms with Crippen LogP contribution in [0.15, 0.2) is 67.4 Å². The molecule has 2 amide bonds. The van der Waals surface area contributed by atoms with Gasteiger partial charge in [-0.15, -0.1) is 0 Å². The minimum Gasteiger partial charge on any atom is -0.361 e. The van der Waals surface area contributed by atoms with Gasteiger partial charge in [0, 0.05) is 49.9 Å². The molecule has 164 valence electrons. The Bertz CT molecular complexity index is 1080. The van der Waals surface area contributed by atoms with Crippen molar-refractivity contribution >= 4 is 11.8 Å². The summed E-state index contributed by atoms with van der Waals surface area (Å²) in [5, 5.41) is 2.89. The van der Waals surface area contributed by atoms with Gasteiger partial charge in [-0.2, -0.15) is 0 Å². The van der Waals surface area contributed by atoms with Crippen LogP contribution < -0.4 is 5.32 Å². The summed E-state index contributed by atoms with van der Waals surface area (Å²) >= 11 is 0. The zero-order valence-electron chi connectivity index (χ0n) is 17.9. The Balaban J connectivity index is 1.68. The van der Waals surface area contributed by atoms with Crippen molar-refractivity contribution in [1.29, 1.82) is 0 Å². The number of ether oxygens (including phenoxy) is 1. The Kier molecular flexibility index (Phi) is 6.51. The molecule has 8 heteroatoms. The highest BCUT2D eigenvalue weighted by atomic mass is 16.5. The number of carbonyl (C=O) groups is 2. The number of hydrogen-bond donors (Lipinski definition) is 1. The molecule has 8 nitrogen and oxygen atoms in total. The highest BCUT2D eigenvalue weighted by Crippen LogP contribution is 2.30. The van der Waals surface area contributed by atoms with Crippen LogP contribution in [0, 0.1) is 0 Å². The van der Waals surface area contributed by atoms with E-state index < -0.39 is 5.60 Å². The molecule has 0 saturated carbocycles. The molecule has 1 fully saturated rings. The van der Waals surface area contributed by atoms with E-state index in [2.05, 4.69) is 20.3 Å². The van der Waals surface area contributed by atoms with Gasteiger partial charge >= 0.3 is 0 Å². The summed E-state index contributed by atoms with van der Waals surface area (Å²) < 4.78 is 6.13. The monoisotopic (exact) mass is 431 g/mol. The van der Waals surface area contributed by atoms with E-state index >= 15 is 0 Å². The lowest BCUT2D eigenvalue weighted by atomic mass is 9.87. The lowest BCUT2D eigenvalue weighted by Crippen LogP contribution is -2.62. The maximum atomic E-state index is 13.3. The Morgan fingerprint density at radius 3 is 2.69 bits per heavy atom. The fraction of sp³-hybridized carbons (Fsp3) is 0.292. The summed E-state index contributed by atoms with van der Waals surface area (Å²) in [6, 6.07) is 11.7. The number of nitrogens with zero attached hydrogens (tertiary/aromatic N) is 4. The second kappa shape index (κ2) is 9.65. The summed E-state index contributed by atoms with van der Waals surface area (Å²) in [7, 11) is 0. The molecule has 2 aromatic heterocycles. The lowest BCUT2D eigenvalue weighted by Gasteiger charge is -2.41. The number of aromatic nitrogens is 3. The van der Waals surface area contributed by atoms with E-state index in [0.29, 0.717) is 19.5 Å². The molecule has 4 rings (SSSR count). The molecule has 0 bridgehead atoms. The summed E-state index contributed by atoms with van der Waals surface area (Å²) in [6.07, 6.45) is 8.27. The highest BCUT2D eigenvalue weighted by Gasteiger charge is 2.45. The first-order valence-corrected chi connectivity index (χ1v) is 10.6. The predicted molar refractivity (Wildman–Crippen MR) is 119 cm³/mol. The van der Waals surface area contributed by atoms with Gasteiger partial charge in [0.05, 0.1) is 19.3 Å². The number of amides is 2. The van der Waals surface area contributed by atoms with E-state index in [4.69, 9.17) is 4.74 Å². The average molecular weight is 431 g/mol. The minimum atomic E-state index is -1.22. The standard InChI is InChI=1S/C24H25N5O3/c1-2-27-23(31)24(14-18-6-3-4-8-20(18)19-7-5-9-25-15-19)17-29(12-13-32-24)22(30)21-16-26-10-11-28-21/h3-11,15-16H,2,12-14,17H2,1H3,(H,27,31). The van der Waals surface area contributed by atoms with Crippen LogP contribution in [0.3, 0.4) is 0 Å². The Labute approximate surface area is 186 Å². The van der Waals surface area contributed by atoms with Gasteiger partial charge in [0.2, 0.25) is 0 Å². The van der Waals surface area contributed by atoms with Gasteiger partial charge in [0.15, 0.2) is 5.60 Å². The number of pyridine rings is 1. The van der Waals surface area contributed by atoms with Crippen LogP contribution in [0.2, 0.25) is 0 Å². The van der Waals surface area contributed by atoms with Crippen molar-refractivity contribution in [2.75, 3.05) is 26.2 Å². The molecule has 1 unspecified atom stereocenters. The van der Waals surface area contributed by atoms with Gasteiger partial charge < -0.3 is 15.0 Å². The number of rotatable bonds is 6. The largest absolute Gasteiger partial charge is 0.361 e. The van der Waals surface area contributed by atoms with Crippen molar-refractivity contribution in [3.05, 3.63) is 78.6 Å². The highest BCUT2D eigenvalue weighted by molar-refractivity contribution is 5.93. The van der Waals surface area contributed by atoms with Crippen molar-refractivity contribution < 1.29 is 14.3 Å². The molecule has 3 aromatic rings. The number of hydrogen-bond acceptors (Lipinski definition) is 6. The summed E-state index contributed by atoms with van der Waals surface area (Å²) in [4.78, 5) is 40.2. The molecule has 1 atom stereocenters. The molecule has 1 N–H and O–H groups in total. The number of benzene rings is 1. The number of likely N-dealkylation sites (N-methyl/N-ethyl adjacent to an activating group) is 1. The summed E-state index contributed by atoms with van der Waals surface area (Å²) in [5.74, 6) is -0.506. The van der Waals surface area contributed by atoms with Gasteiger partial charge in [-0.3, -0.25) is 19.6 Å². The SMILES string of the molecule is CCNC(=O)C1(Cc2ccccc2-c2cccnc2)CN(C(=O)c2cnccn2)CCO1. The smallest absolute Gasteiger partial charge is 0.274 e. The van der Waals surface area contributed by atoms with Crippen molar-refractivity contribution in [2.45, 2.75) is 18.9 Å². The third-order valence-corrected chi connectivity index (χ3v) is 5.47. The van der Waals surface area contributed by atoms with Crippen LogP contribution in [-0.4, -0.2) is 63.5 Å². The van der Waals surface area contributed by atoms with Crippen LogP contribution in [0.5, 0.6) is 0 Å². The van der Waals surface area contributed by atoms with E-state index in [1.165, 1.54) is 18.6 Å². The van der Waals surface area contributed by atoms with E-state index in [1.54, 1.807) is 17.3 Å². The molecule has 1 aliphatic heterocycles. The van der Waals surface area contributed by atoms with E-state index in [9.17, 15) is 9.59 Å². The van der Waals surface area contributed by atoms with Crippen LogP contribution >= 0.6 is 0 Å². The van der Waals surface area contributed by atoms with Crippen molar-refractivity contribution in [2.24, 2.45) is 0 Å². The maximum Gasteiger partial charge on any atom is 0.274 e. The number of carbonyl (C=O) groups excluding carboxylic acids is 2. The van der Waals surface area contributed by atoms with Gasteiger partial charge in [-0.05, 0) is 24.1 Å². The Morgan fingerprint density at radius 1 is 1.09 bits per heavy atom. The van der Waals surface area contributed by atoms with Crippen molar-refractivity contribution in [3.63, 3.8) is 0 Å². The lowest BCUT2D eigenvalue weighted by molar-refractivity contribution is -0.157. The summed E-state index contributed by atoms with van der Waals surface area (Å²) in [5.41, 5.74) is 1.91. The Hall–Kier alpha value is -3.65. The molecule has 0 spiro atoms. The second-order valence-electron chi connectivity index (χ2n) is 7.60. The topological polar surface area (TPSA) is 97.3 Å². The molecule has 32 heavy (non-hydrogen) atoms. The van der Waals surface area contributed by atoms with Crippen molar-refractivity contribution in [3.8, 4) is 11.1 Å². The molecule has 0 radical (unpaired) electrons. The van der Waals surface area contributed by atoms with Crippen molar-refractivity contribution in [1.82, 2.24) is 25.2 Å². The molecular formula is C24H25N5O3.